The van der Waals surface area contributed by atoms with Crippen molar-refractivity contribution in [2.24, 2.45) is 5.92 Å². The maximum atomic E-state index is 13.7. The lowest BCUT2D eigenvalue weighted by Crippen LogP contribution is -2.40. The SMILES string of the molecule is COC(=O)C1CCN(S(=O)(=O)c2ccc(F)c(F)c2F)CC1. The van der Waals surface area contributed by atoms with E-state index in [1.165, 1.54) is 7.11 Å². The summed E-state index contributed by atoms with van der Waals surface area (Å²) in [5, 5.41) is 0. The van der Waals surface area contributed by atoms with Gasteiger partial charge in [-0.15, -0.1) is 0 Å². The van der Waals surface area contributed by atoms with Gasteiger partial charge < -0.3 is 4.74 Å². The van der Waals surface area contributed by atoms with Gasteiger partial charge in [0.05, 0.1) is 13.0 Å². The minimum Gasteiger partial charge on any atom is -0.469 e. The minimum atomic E-state index is -4.29. The number of methoxy groups -OCH3 is 1. The molecule has 1 aromatic rings. The Morgan fingerprint density at radius 1 is 1.18 bits per heavy atom. The van der Waals surface area contributed by atoms with E-state index in [0.29, 0.717) is 12.1 Å². The lowest BCUT2D eigenvalue weighted by molar-refractivity contribution is -0.146. The van der Waals surface area contributed by atoms with E-state index in [9.17, 15) is 26.4 Å². The lowest BCUT2D eigenvalue weighted by atomic mass is 9.99. The van der Waals surface area contributed by atoms with E-state index in [1.54, 1.807) is 0 Å². The van der Waals surface area contributed by atoms with Crippen molar-refractivity contribution in [3.63, 3.8) is 0 Å². The lowest BCUT2D eigenvalue weighted by Gasteiger charge is -2.29. The van der Waals surface area contributed by atoms with E-state index in [1.807, 2.05) is 0 Å². The molecule has 0 spiro atoms. The Morgan fingerprint density at radius 3 is 2.32 bits per heavy atom. The number of hydrogen-bond acceptors (Lipinski definition) is 4. The predicted octanol–water partition coefficient (Wildman–Crippen LogP) is 1.68. The smallest absolute Gasteiger partial charge is 0.308 e. The summed E-state index contributed by atoms with van der Waals surface area (Å²) in [6.07, 6.45) is 0.439. The van der Waals surface area contributed by atoms with Crippen LogP contribution in [-0.4, -0.2) is 38.9 Å². The summed E-state index contributed by atoms with van der Waals surface area (Å²) >= 11 is 0. The van der Waals surface area contributed by atoms with Crippen LogP contribution in [0.5, 0.6) is 0 Å². The molecule has 0 amide bonds. The highest BCUT2D eigenvalue weighted by Gasteiger charge is 2.35. The number of sulfonamides is 1. The Morgan fingerprint density at radius 2 is 1.77 bits per heavy atom. The normalized spacial score (nSPS) is 17.5. The molecule has 5 nitrogen and oxygen atoms in total. The molecule has 9 heteroatoms. The van der Waals surface area contributed by atoms with Crippen molar-refractivity contribution in [1.82, 2.24) is 4.31 Å². The van der Waals surface area contributed by atoms with Crippen LogP contribution in [0.1, 0.15) is 12.8 Å². The van der Waals surface area contributed by atoms with Crippen LogP contribution in [0, 0.1) is 23.4 Å². The Bertz CT molecular complexity index is 685. The average Bonchev–Trinajstić information content (AvgIpc) is 2.51. The second-order valence-corrected chi connectivity index (χ2v) is 6.78. The topological polar surface area (TPSA) is 63.7 Å². The molecule has 0 saturated carbocycles. The number of ether oxygens (including phenoxy) is 1. The number of hydrogen-bond donors (Lipinski definition) is 0. The van der Waals surface area contributed by atoms with Gasteiger partial charge in [0.2, 0.25) is 10.0 Å². The molecule has 0 bridgehead atoms. The zero-order chi connectivity index (χ0) is 16.5. The first-order valence-corrected chi connectivity index (χ1v) is 7.94. The molecule has 1 aromatic carbocycles. The van der Waals surface area contributed by atoms with E-state index in [2.05, 4.69) is 4.74 Å². The summed E-state index contributed by atoms with van der Waals surface area (Å²) in [6, 6.07) is 1.25. The zero-order valence-corrected chi connectivity index (χ0v) is 12.5. The van der Waals surface area contributed by atoms with E-state index in [-0.39, 0.29) is 25.9 Å². The fourth-order valence-corrected chi connectivity index (χ4v) is 3.87. The molecule has 0 radical (unpaired) electrons. The molecule has 1 aliphatic heterocycles. The van der Waals surface area contributed by atoms with Crippen LogP contribution in [-0.2, 0) is 19.6 Å². The van der Waals surface area contributed by atoms with Crippen LogP contribution in [0.3, 0.4) is 0 Å². The Balaban J connectivity index is 2.23. The molecule has 1 heterocycles. The van der Waals surface area contributed by atoms with E-state index in [4.69, 9.17) is 0 Å². The zero-order valence-electron chi connectivity index (χ0n) is 11.7. The summed E-state index contributed by atoms with van der Waals surface area (Å²) in [4.78, 5) is 10.5. The summed E-state index contributed by atoms with van der Waals surface area (Å²) in [6.45, 7) is -0.0545. The molecular formula is C13H14F3NO4S. The highest BCUT2D eigenvalue weighted by atomic mass is 32.2. The number of esters is 1. The molecule has 22 heavy (non-hydrogen) atoms. The Hall–Kier alpha value is -1.61. The number of benzene rings is 1. The van der Waals surface area contributed by atoms with Crippen LogP contribution in [0.4, 0.5) is 13.2 Å². The van der Waals surface area contributed by atoms with Gasteiger partial charge in [0, 0.05) is 13.1 Å². The first-order valence-electron chi connectivity index (χ1n) is 6.50. The number of rotatable bonds is 3. The van der Waals surface area contributed by atoms with Crippen LogP contribution < -0.4 is 0 Å². The second kappa shape index (κ2) is 6.25. The van der Waals surface area contributed by atoms with Gasteiger partial charge in [0.25, 0.3) is 0 Å². The number of piperidine rings is 1. The molecule has 0 aliphatic carbocycles. The molecule has 2 rings (SSSR count). The van der Waals surface area contributed by atoms with Gasteiger partial charge in [-0.2, -0.15) is 4.31 Å². The van der Waals surface area contributed by atoms with Crippen molar-refractivity contribution in [3.8, 4) is 0 Å². The minimum absolute atomic E-state index is 0.0272. The molecule has 0 atom stereocenters. The number of carbonyl (C=O) groups is 1. The highest BCUT2D eigenvalue weighted by molar-refractivity contribution is 7.89. The van der Waals surface area contributed by atoms with Crippen LogP contribution in [0.15, 0.2) is 17.0 Å². The van der Waals surface area contributed by atoms with Crippen molar-refractivity contribution in [3.05, 3.63) is 29.6 Å². The maximum absolute atomic E-state index is 13.7. The van der Waals surface area contributed by atoms with E-state index in [0.717, 1.165) is 4.31 Å². The first kappa shape index (κ1) is 16.8. The van der Waals surface area contributed by atoms with Crippen molar-refractivity contribution in [1.29, 1.82) is 0 Å². The van der Waals surface area contributed by atoms with Crippen LogP contribution in [0.25, 0.3) is 0 Å². The van der Waals surface area contributed by atoms with Gasteiger partial charge in [0.1, 0.15) is 4.90 Å². The first-order chi connectivity index (χ1) is 10.3. The fourth-order valence-electron chi connectivity index (χ4n) is 2.35. The second-order valence-electron chi connectivity index (χ2n) is 4.88. The number of nitrogens with zero attached hydrogens (tertiary/aromatic N) is 1. The molecule has 0 aromatic heterocycles. The molecule has 1 saturated heterocycles. The standard InChI is InChI=1S/C13H14F3NO4S/c1-21-13(18)8-4-6-17(7-5-8)22(19,20)10-3-2-9(14)11(15)12(10)16/h2-3,8H,4-7H2,1H3. The van der Waals surface area contributed by atoms with Gasteiger partial charge in [-0.05, 0) is 25.0 Å². The average molecular weight is 337 g/mol. The van der Waals surface area contributed by atoms with Gasteiger partial charge in [0.15, 0.2) is 17.5 Å². The van der Waals surface area contributed by atoms with E-state index >= 15 is 0 Å². The summed E-state index contributed by atoms with van der Waals surface area (Å²) in [5.74, 6) is -5.89. The van der Waals surface area contributed by atoms with Crippen LogP contribution >= 0.6 is 0 Å². The number of halogens is 3. The number of carbonyl (C=O) groups excluding carboxylic acids is 1. The van der Waals surface area contributed by atoms with Gasteiger partial charge >= 0.3 is 5.97 Å². The molecule has 1 fully saturated rings. The van der Waals surface area contributed by atoms with Crippen molar-refractivity contribution >= 4 is 16.0 Å². The molecule has 0 N–H and O–H groups in total. The van der Waals surface area contributed by atoms with Gasteiger partial charge in [-0.1, -0.05) is 0 Å². The van der Waals surface area contributed by atoms with Gasteiger partial charge in [-0.3, -0.25) is 4.79 Å². The third-order valence-electron chi connectivity index (χ3n) is 3.61. The largest absolute Gasteiger partial charge is 0.469 e. The highest BCUT2D eigenvalue weighted by Crippen LogP contribution is 2.27. The molecule has 0 unspecified atom stereocenters. The van der Waals surface area contributed by atoms with Crippen molar-refractivity contribution in [2.75, 3.05) is 20.2 Å². The Labute approximate surface area is 125 Å². The van der Waals surface area contributed by atoms with E-state index < -0.39 is 44.3 Å². The third-order valence-corrected chi connectivity index (χ3v) is 5.52. The predicted molar refractivity (Wildman–Crippen MR) is 69.8 cm³/mol. The summed E-state index contributed by atoms with van der Waals surface area (Å²) < 4.78 is 69.9. The monoisotopic (exact) mass is 337 g/mol. The maximum Gasteiger partial charge on any atom is 0.308 e. The van der Waals surface area contributed by atoms with Gasteiger partial charge in [-0.25, -0.2) is 21.6 Å². The van der Waals surface area contributed by atoms with Crippen molar-refractivity contribution in [2.45, 2.75) is 17.7 Å². The molecular weight excluding hydrogens is 323 g/mol. The molecule has 122 valence electrons. The fraction of sp³-hybridized carbons (Fsp3) is 0.462. The van der Waals surface area contributed by atoms with Crippen LogP contribution in [0.2, 0.25) is 0 Å². The Kier molecular flexibility index (Phi) is 4.76. The van der Waals surface area contributed by atoms with Crippen molar-refractivity contribution < 1.29 is 31.1 Å². The molecule has 1 aliphatic rings. The summed E-state index contributed by atoms with van der Waals surface area (Å²) in [7, 11) is -3.05. The third kappa shape index (κ3) is 2.95. The quantitative estimate of drug-likeness (QED) is 0.622. The summed E-state index contributed by atoms with van der Waals surface area (Å²) in [5.41, 5.74) is 0.